The summed E-state index contributed by atoms with van der Waals surface area (Å²) in [5.74, 6) is 0.998. The molecule has 0 amide bonds. The Hall–Kier alpha value is 2.49. The van der Waals surface area contributed by atoms with Gasteiger partial charge >= 0.3 is 0 Å². The highest BCUT2D eigenvalue weighted by Gasteiger charge is 2.13. The molecule has 0 aromatic rings. The summed E-state index contributed by atoms with van der Waals surface area (Å²) in [4.78, 5) is 0. The summed E-state index contributed by atoms with van der Waals surface area (Å²) in [5.41, 5.74) is 0. The van der Waals surface area contributed by atoms with Gasteiger partial charge in [-0.1, -0.05) is 3.64 Å². The van der Waals surface area contributed by atoms with Crippen molar-refractivity contribution in [2.24, 2.45) is 0 Å². The van der Waals surface area contributed by atoms with E-state index in [1.807, 2.05) is 12.5 Å². The van der Waals surface area contributed by atoms with Gasteiger partial charge in [-0.3, -0.25) is 0 Å². The average molecular weight is 419 g/mol. The maximum atomic E-state index is 5.00. The second kappa shape index (κ2) is 13.5. The molecule has 0 radical (unpaired) electrons. The summed E-state index contributed by atoms with van der Waals surface area (Å²) < 4.78 is -0.248. The van der Waals surface area contributed by atoms with Crippen LogP contribution in [0.5, 0.6) is 0 Å². The van der Waals surface area contributed by atoms with Crippen LogP contribution in [0.15, 0.2) is 0 Å². The molecular weight excluding hydrogens is 393 g/mol. The molecular formula is C9H25BrNPS5. The number of quaternary nitrogens is 1. The molecule has 0 aromatic carbocycles. The number of thiol groups is 1. The monoisotopic (exact) mass is 417 g/mol. The first-order valence-corrected chi connectivity index (χ1v) is 13.3. The van der Waals surface area contributed by atoms with Crippen LogP contribution in [0.3, 0.4) is 0 Å². The fourth-order valence-electron chi connectivity index (χ4n) is 0.856. The lowest BCUT2D eigenvalue weighted by Crippen LogP contribution is -2.44. The summed E-state index contributed by atoms with van der Waals surface area (Å²) in [7, 11) is 2.27. The Morgan fingerprint density at radius 1 is 1.24 bits per heavy atom. The lowest BCUT2D eigenvalue weighted by atomic mass is 10.4. The zero-order valence-corrected chi connectivity index (χ0v) is 18.0. The van der Waals surface area contributed by atoms with Crippen molar-refractivity contribution in [3.05, 3.63) is 0 Å². The number of nitrogens with zero attached hydrogens (tertiary/aromatic N) is 1. The number of hydrogen-bond donors (Lipinski definition) is 1. The molecule has 0 spiro atoms. The predicted molar refractivity (Wildman–Crippen MR) is 105 cm³/mol. The van der Waals surface area contributed by atoms with Gasteiger partial charge in [-0.25, -0.2) is 0 Å². The van der Waals surface area contributed by atoms with Crippen molar-refractivity contribution in [2.75, 3.05) is 44.9 Å². The zero-order chi connectivity index (χ0) is 13.2. The smallest absolute Gasteiger partial charge is 0.0873 e. The third-order valence-electron chi connectivity index (χ3n) is 2.61. The minimum atomic E-state index is -1.40. The quantitative estimate of drug-likeness (QED) is 0.293. The van der Waals surface area contributed by atoms with E-state index in [4.69, 9.17) is 24.1 Å². The topological polar surface area (TPSA) is 0 Å². The molecule has 0 aliphatic carbocycles. The highest BCUT2D eigenvalue weighted by atomic mass is 79.9. The summed E-state index contributed by atoms with van der Waals surface area (Å²) in [6.45, 7) is 8.09. The van der Waals surface area contributed by atoms with Crippen LogP contribution >= 0.6 is 56.0 Å². The lowest BCUT2D eigenvalue weighted by molar-refractivity contribution is -0.903. The van der Waals surface area contributed by atoms with Crippen LogP contribution in [0, 0.1) is 0 Å². The number of halogens is 1. The van der Waals surface area contributed by atoms with E-state index in [2.05, 4.69) is 33.5 Å². The van der Waals surface area contributed by atoms with Crippen LogP contribution in [0.1, 0.15) is 13.8 Å². The van der Waals surface area contributed by atoms with Crippen molar-refractivity contribution < 1.29 is 4.48 Å². The normalized spacial score (nSPS) is 11.2. The van der Waals surface area contributed by atoms with Gasteiger partial charge in [0.15, 0.2) is 0 Å². The van der Waals surface area contributed by atoms with Crippen molar-refractivity contribution in [3.8, 4) is 0 Å². The first-order valence-electron chi connectivity index (χ1n) is 5.17. The molecule has 0 rings (SSSR count). The van der Waals surface area contributed by atoms with Gasteiger partial charge < -0.3 is 16.7 Å². The molecule has 0 atom stereocenters. The molecule has 0 aliphatic rings. The van der Waals surface area contributed by atoms with Gasteiger partial charge in [0, 0.05) is 5.75 Å². The van der Waals surface area contributed by atoms with E-state index in [1.165, 1.54) is 19.6 Å². The van der Waals surface area contributed by atoms with E-state index in [0.29, 0.717) is 0 Å². The van der Waals surface area contributed by atoms with E-state index >= 15 is 0 Å². The van der Waals surface area contributed by atoms with Crippen LogP contribution in [0.2, 0.25) is 0 Å². The van der Waals surface area contributed by atoms with Crippen LogP contribution in [0.25, 0.3) is 0 Å². The van der Waals surface area contributed by atoms with Gasteiger partial charge in [0.2, 0.25) is 0 Å². The third kappa shape index (κ3) is 14.7. The van der Waals surface area contributed by atoms with Crippen molar-refractivity contribution in [1.29, 1.82) is 0 Å². The maximum Gasteiger partial charge on any atom is 0.0873 e. The molecule has 0 unspecified atom stereocenters. The molecule has 1 nitrogen and oxygen atoms in total. The van der Waals surface area contributed by atoms with E-state index in [1.54, 1.807) is 22.8 Å². The van der Waals surface area contributed by atoms with Crippen molar-refractivity contribution in [2.45, 2.75) is 13.8 Å². The van der Waals surface area contributed by atoms with E-state index in [9.17, 15) is 0 Å². The Kier molecular flexibility index (Phi) is 19.4. The van der Waals surface area contributed by atoms with Gasteiger partial charge in [0.05, 0.1) is 26.7 Å². The Bertz CT molecular complexity index is 206. The summed E-state index contributed by atoms with van der Waals surface area (Å²) >= 11 is 17.5. The van der Waals surface area contributed by atoms with Crippen LogP contribution < -0.4 is 0 Å². The molecule has 0 fully saturated rings. The standard InChI is InChI=1S/C7H17NS.C2H7PS4.BrH/c1-4-8(3,5-2)6-7-9;1-6-3(4,5)7-2;/h4-7H2,1-3H3;1-2H3,(H,4,5);1H. The molecule has 0 aliphatic heterocycles. The third-order valence-corrected chi connectivity index (χ3v) is 14.4. The van der Waals surface area contributed by atoms with Crippen molar-refractivity contribution in [3.63, 3.8) is 0 Å². The molecule has 0 aromatic heterocycles. The minimum Gasteiger partial charge on any atom is -0.726 e. The largest absolute Gasteiger partial charge is 0.726 e. The first kappa shape index (κ1) is 24.5. The van der Waals surface area contributed by atoms with Crippen molar-refractivity contribution >= 4 is 80.1 Å². The Labute approximate surface area is 142 Å². The van der Waals surface area contributed by atoms with Crippen LogP contribution in [0.4, 0.5) is 0 Å². The summed E-state index contributed by atoms with van der Waals surface area (Å²) in [5, 5.41) is 0. The molecule has 17 heavy (non-hydrogen) atoms. The maximum absolute atomic E-state index is 5.00. The van der Waals surface area contributed by atoms with E-state index in [-0.39, 0.29) is 17.0 Å². The van der Waals surface area contributed by atoms with Gasteiger partial charge in [-0.15, -0.1) is 51.6 Å². The van der Waals surface area contributed by atoms with E-state index in [0.717, 1.165) is 10.2 Å². The fourth-order valence-corrected chi connectivity index (χ4v) is 3.28. The second-order valence-corrected chi connectivity index (χ2v) is 18.5. The SMILES string of the molecule is Br.CC[N+](C)(CC)CCS.CSP(=S)([S-])SC. The minimum absolute atomic E-state index is 0. The van der Waals surface area contributed by atoms with Gasteiger partial charge in [0.1, 0.15) is 0 Å². The molecule has 0 bridgehead atoms. The van der Waals surface area contributed by atoms with Crippen LogP contribution in [-0.4, -0.2) is 49.4 Å². The Balaban J connectivity index is -0.000000224. The first-order chi connectivity index (χ1) is 7.30. The molecule has 0 saturated heterocycles. The second-order valence-electron chi connectivity index (χ2n) is 3.51. The van der Waals surface area contributed by atoms with Gasteiger partial charge in [-0.05, 0) is 26.4 Å². The molecule has 108 valence electrons. The Morgan fingerprint density at radius 3 is 1.65 bits per heavy atom. The Morgan fingerprint density at radius 2 is 1.59 bits per heavy atom. The van der Waals surface area contributed by atoms with Crippen molar-refractivity contribution in [1.82, 2.24) is 0 Å². The molecule has 0 saturated carbocycles. The number of hydrogen-bond acceptors (Lipinski definition) is 5. The van der Waals surface area contributed by atoms with Gasteiger partial charge in [-0.2, -0.15) is 12.6 Å². The average Bonchev–Trinajstić information content (AvgIpc) is 2.30. The summed E-state index contributed by atoms with van der Waals surface area (Å²) in [6.07, 6.45) is 3.95. The van der Waals surface area contributed by atoms with Crippen LogP contribution in [-0.2, 0) is 24.1 Å². The highest BCUT2D eigenvalue weighted by Crippen LogP contribution is 2.65. The molecule has 0 heterocycles. The fraction of sp³-hybridized carbons (Fsp3) is 1.00. The van der Waals surface area contributed by atoms with E-state index < -0.39 is 3.64 Å². The predicted octanol–water partition coefficient (Wildman–Crippen LogP) is 4.46. The molecule has 8 heteroatoms. The number of rotatable bonds is 6. The summed E-state index contributed by atoms with van der Waals surface area (Å²) in [6, 6.07) is 0. The highest BCUT2D eigenvalue weighted by molar-refractivity contribution is 9.17. The van der Waals surface area contributed by atoms with Gasteiger partial charge in [0.25, 0.3) is 0 Å². The lowest BCUT2D eigenvalue weighted by Gasteiger charge is -2.31. The zero-order valence-electron chi connectivity index (χ0n) is 11.2. The molecule has 0 N–H and O–H groups in total.